The summed E-state index contributed by atoms with van der Waals surface area (Å²) in [6.07, 6.45) is 2.49. The fourth-order valence-corrected chi connectivity index (χ4v) is 4.27. The first-order valence-corrected chi connectivity index (χ1v) is 11.5. The van der Waals surface area contributed by atoms with Gasteiger partial charge in [0.05, 0.1) is 0 Å². The van der Waals surface area contributed by atoms with Gasteiger partial charge in [0.2, 0.25) is 5.95 Å². The number of halogens is 1. The lowest BCUT2D eigenvalue weighted by Crippen LogP contribution is -2.24. The molecule has 0 radical (unpaired) electrons. The van der Waals surface area contributed by atoms with Gasteiger partial charge in [0.25, 0.3) is 5.56 Å². The SMILES string of the molecule is CCn1c(=O)c2cnc(Nc3ccc4c(c3)CNCC4)nc2n1-c1nc(C(C)(C)C)ccc1F. The third-order valence-electron chi connectivity index (χ3n) is 6.12. The summed E-state index contributed by atoms with van der Waals surface area (Å²) in [5.41, 5.74) is 3.87. The molecule has 9 heteroatoms. The first-order chi connectivity index (χ1) is 16.3. The molecule has 3 aromatic heterocycles. The number of hydrogen-bond acceptors (Lipinski definition) is 6. The number of pyridine rings is 1. The van der Waals surface area contributed by atoms with Gasteiger partial charge in [0.15, 0.2) is 17.3 Å². The molecule has 5 rings (SSSR count). The van der Waals surface area contributed by atoms with Crippen LogP contribution < -0.4 is 16.2 Å². The van der Waals surface area contributed by atoms with Crippen molar-refractivity contribution in [3.63, 3.8) is 0 Å². The second kappa shape index (κ2) is 8.32. The Kier molecular flexibility index (Phi) is 5.44. The monoisotopic (exact) mass is 461 g/mol. The summed E-state index contributed by atoms with van der Waals surface area (Å²) in [5.74, 6) is -0.154. The number of aromatic nitrogens is 5. The van der Waals surface area contributed by atoms with Crippen molar-refractivity contribution < 1.29 is 4.39 Å². The van der Waals surface area contributed by atoms with Crippen LogP contribution in [0.1, 0.15) is 44.5 Å². The first-order valence-electron chi connectivity index (χ1n) is 11.5. The standard InChI is InChI=1S/C25H28FN7O/c1-5-32-23(34)18-14-28-24(29-17-7-6-15-10-11-27-13-16(15)12-17)31-21(18)33(32)22-19(26)8-9-20(30-22)25(2,3)4/h6-9,12,14,27H,5,10-11,13H2,1-4H3,(H,28,29,31). The Labute approximate surface area is 196 Å². The largest absolute Gasteiger partial charge is 0.324 e. The second-order valence-corrected chi connectivity index (χ2v) is 9.55. The van der Waals surface area contributed by atoms with Gasteiger partial charge in [-0.05, 0) is 55.3 Å². The summed E-state index contributed by atoms with van der Waals surface area (Å²) in [6, 6.07) is 9.24. The maximum absolute atomic E-state index is 15.0. The molecule has 0 aliphatic carbocycles. The third-order valence-corrected chi connectivity index (χ3v) is 6.12. The molecular weight excluding hydrogens is 433 g/mol. The number of nitrogens with zero attached hydrogens (tertiary/aromatic N) is 5. The molecule has 0 atom stereocenters. The van der Waals surface area contributed by atoms with Crippen LogP contribution in [0.15, 0.2) is 41.3 Å². The van der Waals surface area contributed by atoms with E-state index in [1.807, 2.05) is 33.8 Å². The van der Waals surface area contributed by atoms with Gasteiger partial charge >= 0.3 is 0 Å². The zero-order valence-corrected chi connectivity index (χ0v) is 19.8. The number of benzene rings is 1. The van der Waals surface area contributed by atoms with Crippen LogP contribution in [0.5, 0.6) is 0 Å². The summed E-state index contributed by atoms with van der Waals surface area (Å²) >= 11 is 0. The highest BCUT2D eigenvalue weighted by Gasteiger charge is 2.23. The zero-order valence-electron chi connectivity index (χ0n) is 19.8. The minimum atomic E-state index is -0.526. The van der Waals surface area contributed by atoms with Gasteiger partial charge in [-0.15, -0.1) is 0 Å². The Hall–Kier alpha value is -3.59. The summed E-state index contributed by atoms with van der Waals surface area (Å²) < 4.78 is 17.9. The molecule has 0 amide bonds. The molecule has 1 aromatic carbocycles. The van der Waals surface area contributed by atoms with Gasteiger partial charge in [-0.25, -0.2) is 23.7 Å². The van der Waals surface area contributed by atoms with Crippen LogP contribution in [0.2, 0.25) is 0 Å². The molecule has 0 bridgehead atoms. The molecule has 176 valence electrons. The van der Waals surface area contributed by atoms with Gasteiger partial charge in [0.1, 0.15) is 5.39 Å². The fourth-order valence-electron chi connectivity index (χ4n) is 4.27. The second-order valence-electron chi connectivity index (χ2n) is 9.55. The van der Waals surface area contributed by atoms with Crippen LogP contribution in [0, 0.1) is 5.82 Å². The van der Waals surface area contributed by atoms with Gasteiger partial charge in [-0.2, -0.15) is 4.98 Å². The maximum Gasteiger partial charge on any atom is 0.278 e. The van der Waals surface area contributed by atoms with E-state index in [-0.39, 0.29) is 16.8 Å². The lowest BCUT2D eigenvalue weighted by atomic mass is 9.92. The van der Waals surface area contributed by atoms with E-state index in [4.69, 9.17) is 0 Å². The molecule has 0 fully saturated rings. The molecule has 0 saturated carbocycles. The van der Waals surface area contributed by atoms with E-state index in [1.54, 1.807) is 6.07 Å². The van der Waals surface area contributed by atoms with Crippen LogP contribution in [0.25, 0.3) is 16.9 Å². The predicted molar refractivity (Wildman–Crippen MR) is 130 cm³/mol. The number of rotatable bonds is 4. The zero-order chi connectivity index (χ0) is 24.0. The summed E-state index contributed by atoms with van der Waals surface area (Å²) in [4.78, 5) is 26.6. The Morgan fingerprint density at radius 2 is 1.97 bits per heavy atom. The van der Waals surface area contributed by atoms with E-state index in [0.717, 1.165) is 30.9 Å². The number of hydrogen-bond donors (Lipinski definition) is 2. The van der Waals surface area contributed by atoms with Crippen LogP contribution in [0.4, 0.5) is 16.0 Å². The molecule has 0 spiro atoms. The van der Waals surface area contributed by atoms with Crippen LogP contribution >= 0.6 is 0 Å². The van der Waals surface area contributed by atoms with E-state index < -0.39 is 5.82 Å². The van der Waals surface area contributed by atoms with Crippen LogP contribution in [-0.4, -0.2) is 30.9 Å². The van der Waals surface area contributed by atoms with Crippen molar-refractivity contribution in [3.05, 3.63) is 69.5 Å². The molecule has 34 heavy (non-hydrogen) atoms. The van der Waals surface area contributed by atoms with Crippen molar-refractivity contribution in [2.45, 2.75) is 52.6 Å². The average molecular weight is 462 g/mol. The van der Waals surface area contributed by atoms with Gasteiger partial charge in [-0.1, -0.05) is 26.8 Å². The quantitative estimate of drug-likeness (QED) is 0.480. The van der Waals surface area contributed by atoms with Crippen molar-refractivity contribution >= 4 is 22.7 Å². The van der Waals surface area contributed by atoms with E-state index in [0.29, 0.717) is 23.5 Å². The van der Waals surface area contributed by atoms with E-state index >= 15 is 4.39 Å². The van der Waals surface area contributed by atoms with Crippen molar-refractivity contribution in [2.75, 3.05) is 11.9 Å². The molecule has 8 nitrogen and oxygen atoms in total. The van der Waals surface area contributed by atoms with Gasteiger partial charge < -0.3 is 10.6 Å². The Morgan fingerprint density at radius 3 is 2.74 bits per heavy atom. The van der Waals surface area contributed by atoms with E-state index in [1.165, 1.54) is 32.8 Å². The van der Waals surface area contributed by atoms with Crippen LogP contribution in [0.3, 0.4) is 0 Å². The molecule has 0 saturated heterocycles. The number of nitrogens with one attached hydrogen (secondary N) is 2. The molecule has 4 aromatic rings. The van der Waals surface area contributed by atoms with Crippen LogP contribution in [-0.2, 0) is 24.9 Å². The van der Waals surface area contributed by atoms with Crippen molar-refractivity contribution in [3.8, 4) is 5.82 Å². The van der Waals surface area contributed by atoms with Crippen molar-refractivity contribution in [1.29, 1.82) is 0 Å². The Morgan fingerprint density at radius 1 is 1.15 bits per heavy atom. The summed E-state index contributed by atoms with van der Waals surface area (Å²) in [7, 11) is 0. The molecule has 4 heterocycles. The lowest BCUT2D eigenvalue weighted by molar-refractivity contribution is 0.516. The first kappa shape index (κ1) is 22.2. The normalized spacial score (nSPS) is 13.8. The highest BCUT2D eigenvalue weighted by Crippen LogP contribution is 2.25. The Balaban J connectivity index is 1.63. The average Bonchev–Trinajstić information content (AvgIpc) is 3.09. The lowest BCUT2D eigenvalue weighted by Gasteiger charge is -2.20. The highest BCUT2D eigenvalue weighted by molar-refractivity contribution is 5.77. The minimum Gasteiger partial charge on any atom is -0.324 e. The smallest absolute Gasteiger partial charge is 0.278 e. The third kappa shape index (κ3) is 3.86. The maximum atomic E-state index is 15.0. The minimum absolute atomic E-state index is 0.0471. The molecule has 1 aliphatic heterocycles. The molecule has 2 N–H and O–H groups in total. The van der Waals surface area contributed by atoms with Gasteiger partial charge in [0, 0.05) is 36.1 Å². The van der Waals surface area contributed by atoms with E-state index in [9.17, 15) is 4.79 Å². The van der Waals surface area contributed by atoms with Crippen molar-refractivity contribution in [1.82, 2.24) is 29.6 Å². The predicted octanol–water partition coefficient (Wildman–Crippen LogP) is 3.82. The molecular formula is C25H28FN7O. The molecule has 0 unspecified atom stereocenters. The van der Waals surface area contributed by atoms with E-state index in [2.05, 4.69) is 37.7 Å². The topological polar surface area (TPSA) is 89.7 Å². The van der Waals surface area contributed by atoms with Crippen molar-refractivity contribution in [2.24, 2.45) is 0 Å². The van der Waals surface area contributed by atoms with Gasteiger partial charge in [-0.3, -0.25) is 4.79 Å². The highest BCUT2D eigenvalue weighted by atomic mass is 19.1. The number of fused-ring (bicyclic) bond motifs is 2. The Bertz CT molecular complexity index is 1450. The number of anilines is 2. The summed E-state index contributed by atoms with van der Waals surface area (Å²) in [6.45, 7) is 9.99. The summed E-state index contributed by atoms with van der Waals surface area (Å²) in [5, 5.41) is 6.92. The molecule has 1 aliphatic rings. The fraction of sp³-hybridized carbons (Fsp3) is 0.360.